The summed E-state index contributed by atoms with van der Waals surface area (Å²) in [6.45, 7) is 10.2. The van der Waals surface area contributed by atoms with E-state index in [1.807, 2.05) is 23.1 Å². The van der Waals surface area contributed by atoms with E-state index in [1.54, 1.807) is 6.92 Å². The Balaban J connectivity index is 1.62. The van der Waals surface area contributed by atoms with Crippen molar-refractivity contribution in [2.75, 3.05) is 13.2 Å². The van der Waals surface area contributed by atoms with Crippen molar-refractivity contribution in [1.29, 1.82) is 0 Å². The normalized spacial score (nSPS) is 16.6. The standard InChI is InChI=1S/C25H31N3O2/c1-17(2)20-12-11-18(3)16-24(20)30-15-14-28-22-9-6-5-8-21(22)26-25(28)23-10-7-13-27(23)19(4)29/h5-6,8-9,11-12,16-17,23H,7,10,13-15H2,1-4H3. The van der Waals surface area contributed by atoms with Crippen molar-refractivity contribution >= 4 is 16.9 Å². The topological polar surface area (TPSA) is 47.4 Å². The van der Waals surface area contributed by atoms with Gasteiger partial charge in [0.2, 0.25) is 5.91 Å². The Hall–Kier alpha value is -2.82. The quantitative estimate of drug-likeness (QED) is 0.564. The average Bonchev–Trinajstić information content (AvgIpc) is 3.33. The van der Waals surface area contributed by atoms with Crippen LogP contribution in [0, 0.1) is 6.92 Å². The number of fused-ring (bicyclic) bond motifs is 1. The fourth-order valence-corrected chi connectivity index (χ4v) is 4.49. The molecule has 1 unspecified atom stereocenters. The molecule has 30 heavy (non-hydrogen) atoms. The zero-order chi connectivity index (χ0) is 21.3. The Morgan fingerprint density at radius 3 is 2.80 bits per heavy atom. The van der Waals surface area contributed by atoms with Gasteiger partial charge in [-0.2, -0.15) is 0 Å². The molecule has 2 heterocycles. The number of carbonyl (C=O) groups excluding carboxylic acids is 1. The van der Waals surface area contributed by atoms with E-state index in [-0.39, 0.29) is 11.9 Å². The maximum Gasteiger partial charge on any atom is 0.220 e. The van der Waals surface area contributed by atoms with Gasteiger partial charge < -0.3 is 14.2 Å². The summed E-state index contributed by atoms with van der Waals surface area (Å²) in [5, 5.41) is 0. The first-order valence-electron chi connectivity index (χ1n) is 10.9. The van der Waals surface area contributed by atoms with Crippen molar-refractivity contribution in [2.45, 2.75) is 59.0 Å². The van der Waals surface area contributed by atoms with Crippen LogP contribution in [-0.4, -0.2) is 33.5 Å². The van der Waals surface area contributed by atoms with Crippen LogP contribution < -0.4 is 4.74 Å². The predicted octanol–water partition coefficient (Wildman–Crippen LogP) is 5.23. The van der Waals surface area contributed by atoms with Gasteiger partial charge >= 0.3 is 0 Å². The molecule has 5 nitrogen and oxygen atoms in total. The molecule has 3 aromatic rings. The molecule has 1 saturated heterocycles. The van der Waals surface area contributed by atoms with Gasteiger partial charge in [0.15, 0.2) is 0 Å². The van der Waals surface area contributed by atoms with E-state index in [0.29, 0.717) is 19.1 Å². The van der Waals surface area contributed by atoms with Gasteiger partial charge in [-0.05, 0) is 55.0 Å². The highest BCUT2D eigenvalue weighted by Gasteiger charge is 2.32. The van der Waals surface area contributed by atoms with E-state index in [1.165, 1.54) is 11.1 Å². The van der Waals surface area contributed by atoms with Crippen LogP contribution in [0.15, 0.2) is 42.5 Å². The van der Waals surface area contributed by atoms with E-state index >= 15 is 0 Å². The number of likely N-dealkylation sites (tertiary alicyclic amines) is 1. The van der Waals surface area contributed by atoms with Crippen LogP contribution in [0.4, 0.5) is 0 Å². The van der Waals surface area contributed by atoms with Crippen LogP contribution in [-0.2, 0) is 11.3 Å². The summed E-state index contributed by atoms with van der Waals surface area (Å²) in [7, 11) is 0. The van der Waals surface area contributed by atoms with Crippen LogP contribution in [0.1, 0.15) is 62.5 Å². The Morgan fingerprint density at radius 2 is 2.03 bits per heavy atom. The van der Waals surface area contributed by atoms with Gasteiger partial charge in [0.05, 0.1) is 23.6 Å². The molecular formula is C25H31N3O2. The largest absolute Gasteiger partial charge is 0.491 e. The molecule has 0 aliphatic carbocycles. The number of hydrogen-bond acceptors (Lipinski definition) is 3. The van der Waals surface area contributed by atoms with E-state index in [4.69, 9.17) is 9.72 Å². The molecule has 0 saturated carbocycles. The summed E-state index contributed by atoms with van der Waals surface area (Å²) < 4.78 is 8.51. The number of aryl methyl sites for hydroxylation is 1. The number of hydrogen-bond donors (Lipinski definition) is 0. The summed E-state index contributed by atoms with van der Waals surface area (Å²) in [6.07, 6.45) is 1.98. The van der Waals surface area contributed by atoms with Crippen molar-refractivity contribution < 1.29 is 9.53 Å². The molecule has 0 bridgehead atoms. The fourth-order valence-electron chi connectivity index (χ4n) is 4.49. The molecule has 1 aliphatic heterocycles. The third-order valence-electron chi connectivity index (χ3n) is 6.00. The maximum absolute atomic E-state index is 12.2. The van der Waals surface area contributed by atoms with E-state index in [0.717, 1.165) is 42.0 Å². The van der Waals surface area contributed by atoms with Crippen LogP contribution in [0.3, 0.4) is 0 Å². The smallest absolute Gasteiger partial charge is 0.220 e. The van der Waals surface area contributed by atoms with Crippen LogP contribution >= 0.6 is 0 Å². The van der Waals surface area contributed by atoms with Crippen LogP contribution in [0.25, 0.3) is 11.0 Å². The van der Waals surface area contributed by atoms with Crippen molar-refractivity contribution in [1.82, 2.24) is 14.5 Å². The molecule has 0 radical (unpaired) electrons. The van der Waals surface area contributed by atoms with Crippen LogP contribution in [0.2, 0.25) is 0 Å². The Labute approximate surface area is 178 Å². The summed E-state index contributed by atoms with van der Waals surface area (Å²) >= 11 is 0. The number of rotatable bonds is 6. The Bertz CT molecular complexity index is 1050. The van der Waals surface area contributed by atoms with Crippen molar-refractivity contribution in [2.24, 2.45) is 0 Å². The minimum absolute atomic E-state index is 0.0418. The van der Waals surface area contributed by atoms with E-state index in [9.17, 15) is 4.79 Å². The lowest BCUT2D eigenvalue weighted by molar-refractivity contribution is -0.129. The first-order chi connectivity index (χ1) is 14.5. The zero-order valence-corrected chi connectivity index (χ0v) is 18.4. The van der Waals surface area contributed by atoms with Gasteiger partial charge in [0, 0.05) is 13.5 Å². The van der Waals surface area contributed by atoms with Gasteiger partial charge in [0.25, 0.3) is 0 Å². The summed E-state index contributed by atoms with van der Waals surface area (Å²) in [5.74, 6) is 2.46. The van der Waals surface area contributed by atoms with Gasteiger partial charge in [0.1, 0.15) is 18.2 Å². The first-order valence-corrected chi connectivity index (χ1v) is 10.9. The molecule has 4 rings (SSSR count). The third kappa shape index (κ3) is 3.93. The predicted molar refractivity (Wildman–Crippen MR) is 120 cm³/mol. The molecule has 2 aromatic carbocycles. The molecule has 1 aromatic heterocycles. The maximum atomic E-state index is 12.2. The lowest BCUT2D eigenvalue weighted by Gasteiger charge is -2.24. The number of imidazole rings is 1. The highest BCUT2D eigenvalue weighted by molar-refractivity contribution is 5.77. The van der Waals surface area contributed by atoms with Gasteiger partial charge in [-0.1, -0.05) is 38.1 Å². The Morgan fingerprint density at radius 1 is 1.23 bits per heavy atom. The number of amides is 1. The molecule has 1 amide bonds. The Kier molecular flexibility index (Phi) is 5.80. The lowest BCUT2D eigenvalue weighted by atomic mass is 10.0. The number of para-hydroxylation sites is 2. The minimum Gasteiger partial charge on any atom is -0.491 e. The average molecular weight is 406 g/mol. The molecule has 158 valence electrons. The molecule has 0 N–H and O–H groups in total. The number of carbonyl (C=O) groups is 1. The fraction of sp³-hybridized carbons (Fsp3) is 0.440. The molecule has 1 aliphatic rings. The van der Waals surface area contributed by atoms with Crippen LogP contribution in [0.5, 0.6) is 5.75 Å². The number of aromatic nitrogens is 2. The number of benzene rings is 2. The second-order valence-electron chi connectivity index (χ2n) is 8.53. The first kappa shape index (κ1) is 20.5. The highest BCUT2D eigenvalue weighted by atomic mass is 16.5. The lowest BCUT2D eigenvalue weighted by Crippen LogP contribution is -2.30. The molecule has 5 heteroatoms. The minimum atomic E-state index is 0.0418. The van der Waals surface area contributed by atoms with E-state index in [2.05, 4.69) is 49.6 Å². The van der Waals surface area contributed by atoms with E-state index < -0.39 is 0 Å². The molecule has 1 atom stereocenters. The molecular weight excluding hydrogens is 374 g/mol. The van der Waals surface area contributed by atoms with Gasteiger partial charge in [-0.25, -0.2) is 4.98 Å². The number of ether oxygens (including phenoxy) is 1. The van der Waals surface area contributed by atoms with Gasteiger partial charge in [-0.15, -0.1) is 0 Å². The second kappa shape index (κ2) is 8.50. The van der Waals surface area contributed by atoms with Crippen molar-refractivity contribution in [3.05, 3.63) is 59.4 Å². The SMILES string of the molecule is CC(=O)N1CCCC1c1nc2ccccc2n1CCOc1cc(C)ccc1C(C)C. The third-order valence-corrected chi connectivity index (χ3v) is 6.00. The number of nitrogens with zero attached hydrogens (tertiary/aromatic N) is 3. The molecule has 1 fully saturated rings. The summed E-state index contributed by atoms with van der Waals surface area (Å²) in [4.78, 5) is 19.0. The second-order valence-corrected chi connectivity index (χ2v) is 8.53. The van der Waals surface area contributed by atoms with Crippen molar-refractivity contribution in [3.63, 3.8) is 0 Å². The van der Waals surface area contributed by atoms with Gasteiger partial charge in [-0.3, -0.25) is 4.79 Å². The molecule has 0 spiro atoms. The highest BCUT2D eigenvalue weighted by Crippen LogP contribution is 2.33. The monoisotopic (exact) mass is 405 g/mol. The van der Waals surface area contributed by atoms with Crippen molar-refractivity contribution in [3.8, 4) is 5.75 Å². The summed E-state index contributed by atoms with van der Waals surface area (Å²) in [5.41, 5.74) is 4.50. The zero-order valence-electron chi connectivity index (χ0n) is 18.4. The summed E-state index contributed by atoms with van der Waals surface area (Å²) in [6, 6.07) is 14.7.